The maximum Gasteiger partial charge on any atom is 0.253 e. The van der Waals surface area contributed by atoms with Gasteiger partial charge in [0.1, 0.15) is 0 Å². The lowest BCUT2D eigenvalue weighted by molar-refractivity contribution is 0.0951. The van der Waals surface area contributed by atoms with Crippen molar-refractivity contribution in [2.24, 2.45) is 5.73 Å². The van der Waals surface area contributed by atoms with Crippen molar-refractivity contribution in [2.45, 2.75) is 18.0 Å². The summed E-state index contributed by atoms with van der Waals surface area (Å²) in [5.41, 5.74) is 8.15. The Morgan fingerprint density at radius 2 is 1.86 bits per heavy atom. The summed E-state index contributed by atoms with van der Waals surface area (Å²) in [6.45, 7) is 0.979. The van der Waals surface area contributed by atoms with E-state index in [0.717, 1.165) is 16.0 Å². The van der Waals surface area contributed by atoms with Gasteiger partial charge in [-0.2, -0.15) is 0 Å². The summed E-state index contributed by atoms with van der Waals surface area (Å²) in [6, 6.07) is 13.3. The van der Waals surface area contributed by atoms with Crippen molar-refractivity contribution < 1.29 is 4.79 Å². The standard InChI is InChI=1S/C16H17ClN2OS/c1-21-13-6-7-15(17)14(8-13)16(20)19-10-12-4-2-11(9-18)3-5-12/h2-8H,9-10,18H2,1H3,(H,19,20). The van der Waals surface area contributed by atoms with Gasteiger partial charge in [-0.15, -0.1) is 11.8 Å². The molecule has 0 unspecified atom stereocenters. The number of hydrogen-bond donors (Lipinski definition) is 2. The van der Waals surface area contributed by atoms with Crippen LogP contribution in [0.15, 0.2) is 47.4 Å². The van der Waals surface area contributed by atoms with Crippen LogP contribution < -0.4 is 11.1 Å². The molecule has 0 atom stereocenters. The molecule has 21 heavy (non-hydrogen) atoms. The van der Waals surface area contributed by atoms with Crippen LogP contribution in [0.2, 0.25) is 5.02 Å². The lowest BCUT2D eigenvalue weighted by atomic mass is 10.1. The number of carbonyl (C=O) groups is 1. The summed E-state index contributed by atoms with van der Waals surface area (Å²) in [7, 11) is 0. The van der Waals surface area contributed by atoms with Gasteiger partial charge in [0, 0.05) is 18.0 Å². The number of rotatable bonds is 5. The summed E-state index contributed by atoms with van der Waals surface area (Å²) in [4.78, 5) is 13.2. The first-order valence-corrected chi connectivity index (χ1v) is 8.14. The van der Waals surface area contributed by atoms with Crippen molar-refractivity contribution in [3.8, 4) is 0 Å². The van der Waals surface area contributed by atoms with Crippen molar-refractivity contribution in [1.82, 2.24) is 5.32 Å². The van der Waals surface area contributed by atoms with E-state index >= 15 is 0 Å². The zero-order valence-corrected chi connectivity index (χ0v) is 13.3. The molecule has 0 saturated carbocycles. The van der Waals surface area contributed by atoms with Crippen LogP contribution in [0.25, 0.3) is 0 Å². The van der Waals surface area contributed by atoms with E-state index in [1.165, 1.54) is 0 Å². The van der Waals surface area contributed by atoms with Gasteiger partial charge in [0.2, 0.25) is 0 Å². The van der Waals surface area contributed by atoms with Crippen molar-refractivity contribution in [1.29, 1.82) is 0 Å². The Kier molecular flexibility index (Phi) is 5.67. The first-order valence-electron chi connectivity index (χ1n) is 6.53. The van der Waals surface area contributed by atoms with E-state index < -0.39 is 0 Å². The minimum Gasteiger partial charge on any atom is -0.348 e. The number of benzene rings is 2. The third kappa shape index (κ3) is 4.24. The zero-order chi connectivity index (χ0) is 15.2. The largest absolute Gasteiger partial charge is 0.348 e. The smallest absolute Gasteiger partial charge is 0.253 e. The summed E-state index contributed by atoms with van der Waals surface area (Å²) in [5.74, 6) is -0.168. The molecule has 3 N–H and O–H groups in total. The Bertz CT molecular complexity index is 629. The van der Waals surface area contributed by atoms with Gasteiger partial charge in [-0.1, -0.05) is 35.9 Å². The van der Waals surface area contributed by atoms with Crippen molar-refractivity contribution in [2.75, 3.05) is 6.26 Å². The van der Waals surface area contributed by atoms with Gasteiger partial charge in [0.25, 0.3) is 5.91 Å². The minimum atomic E-state index is -0.168. The van der Waals surface area contributed by atoms with Crippen LogP contribution >= 0.6 is 23.4 Å². The highest BCUT2D eigenvalue weighted by Crippen LogP contribution is 2.23. The molecule has 0 aliphatic heterocycles. The topological polar surface area (TPSA) is 55.1 Å². The summed E-state index contributed by atoms with van der Waals surface area (Å²) in [5, 5.41) is 3.34. The van der Waals surface area contributed by atoms with Gasteiger partial charge in [-0.25, -0.2) is 0 Å². The maximum absolute atomic E-state index is 12.2. The highest BCUT2D eigenvalue weighted by atomic mass is 35.5. The van der Waals surface area contributed by atoms with E-state index in [0.29, 0.717) is 23.7 Å². The average Bonchev–Trinajstić information content (AvgIpc) is 2.53. The number of thioether (sulfide) groups is 1. The molecule has 5 heteroatoms. The van der Waals surface area contributed by atoms with E-state index in [2.05, 4.69) is 5.32 Å². The van der Waals surface area contributed by atoms with E-state index in [1.807, 2.05) is 36.6 Å². The second kappa shape index (κ2) is 7.50. The molecule has 0 fully saturated rings. The molecule has 1 amide bonds. The molecule has 0 heterocycles. The number of nitrogens with two attached hydrogens (primary N) is 1. The molecule has 0 aliphatic rings. The first-order chi connectivity index (χ1) is 10.1. The van der Waals surface area contributed by atoms with Crippen LogP contribution in [0.5, 0.6) is 0 Å². The van der Waals surface area contributed by atoms with Crippen LogP contribution in [0.4, 0.5) is 0 Å². The average molecular weight is 321 g/mol. The van der Waals surface area contributed by atoms with E-state index in [4.69, 9.17) is 17.3 Å². The van der Waals surface area contributed by atoms with Crippen LogP contribution in [0.1, 0.15) is 21.5 Å². The second-order valence-corrected chi connectivity index (χ2v) is 5.84. The molecule has 2 aromatic carbocycles. The zero-order valence-electron chi connectivity index (χ0n) is 11.7. The number of hydrogen-bond acceptors (Lipinski definition) is 3. The fourth-order valence-corrected chi connectivity index (χ4v) is 2.52. The number of carbonyl (C=O) groups excluding carboxylic acids is 1. The molecule has 0 saturated heterocycles. The van der Waals surface area contributed by atoms with Crippen LogP contribution in [-0.2, 0) is 13.1 Å². The highest BCUT2D eigenvalue weighted by molar-refractivity contribution is 7.98. The molecule has 2 rings (SSSR count). The number of amides is 1. The van der Waals surface area contributed by atoms with E-state index in [1.54, 1.807) is 23.9 Å². The van der Waals surface area contributed by atoms with Crippen molar-refractivity contribution >= 4 is 29.3 Å². The Labute approximate surface area is 133 Å². The fraction of sp³-hybridized carbons (Fsp3) is 0.188. The minimum absolute atomic E-state index is 0.168. The van der Waals surface area contributed by atoms with Crippen LogP contribution in [0, 0.1) is 0 Å². The third-order valence-electron chi connectivity index (χ3n) is 3.13. The first kappa shape index (κ1) is 15.9. The predicted octanol–water partition coefficient (Wildman–Crippen LogP) is 3.45. The van der Waals surface area contributed by atoms with E-state index in [9.17, 15) is 4.79 Å². The lowest BCUT2D eigenvalue weighted by Gasteiger charge is -2.08. The van der Waals surface area contributed by atoms with Gasteiger partial charge < -0.3 is 11.1 Å². The van der Waals surface area contributed by atoms with Gasteiger partial charge >= 0.3 is 0 Å². The quantitative estimate of drug-likeness (QED) is 0.830. The van der Waals surface area contributed by atoms with Crippen LogP contribution in [0.3, 0.4) is 0 Å². The van der Waals surface area contributed by atoms with E-state index in [-0.39, 0.29) is 5.91 Å². The van der Waals surface area contributed by atoms with Gasteiger partial charge in [-0.3, -0.25) is 4.79 Å². The molecule has 0 aromatic heterocycles. The second-order valence-electron chi connectivity index (χ2n) is 4.55. The maximum atomic E-state index is 12.2. The molecule has 0 spiro atoms. The summed E-state index contributed by atoms with van der Waals surface area (Å²) < 4.78 is 0. The van der Waals surface area contributed by atoms with Crippen molar-refractivity contribution in [3.63, 3.8) is 0 Å². The summed E-state index contributed by atoms with van der Waals surface area (Å²) in [6.07, 6.45) is 1.96. The van der Waals surface area contributed by atoms with Gasteiger partial charge in [0.05, 0.1) is 10.6 Å². The normalized spacial score (nSPS) is 10.4. The molecular formula is C16H17ClN2OS. The molecule has 0 aliphatic carbocycles. The molecule has 3 nitrogen and oxygen atoms in total. The molecule has 2 aromatic rings. The van der Waals surface area contributed by atoms with Crippen LogP contribution in [-0.4, -0.2) is 12.2 Å². The Hall–Kier alpha value is -1.49. The monoisotopic (exact) mass is 320 g/mol. The Balaban J connectivity index is 2.04. The Morgan fingerprint density at radius 3 is 2.48 bits per heavy atom. The molecule has 110 valence electrons. The molecule has 0 radical (unpaired) electrons. The Morgan fingerprint density at radius 1 is 1.19 bits per heavy atom. The van der Waals surface area contributed by atoms with Gasteiger partial charge in [-0.05, 0) is 35.6 Å². The third-order valence-corrected chi connectivity index (χ3v) is 4.18. The molecular weight excluding hydrogens is 304 g/mol. The van der Waals surface area contributed by atoms with Crippen molar-refractivity contribution in [3.05, 3.63) is 64.2 Å². The lowest BCUT2D eigenvalue weighted by Crippen LogP contribution is -2.23. The molecule has 0 bridgehead atoms. The predicted molar refractivity (Wildman–Crippen MR) is 88.7 cm³/mol. The van der Waals surface area contributed by atoms with Gasteiger partial charge in [0.15, 0.2) is 0 Å². The number of nitrogens with one attached hydrogen (secondary N) is 1. The number of halogens is 1. The fourth-order valence-electron chi connectivity index (χ4n) is 1.88. The summed E-state index contributed by atoms with van der Waals surface area (Å²) >= 11 is 7.66. The SMILES string of the molecule is CSc1ccc(Cl)c(C(=O)NCc2ccc(CN)cc2)c1. The highest BCUT2D eigenvalue weighted by Gasteiger charge is 2.10.